The second-order valence-electron chi connectivity index (χ2n) is 9.11. The number of nitrogens with zero attached hydrogens (tertiary/aromatic N) is 7. The third-order valence-electron chi connectivity index (χ3n) is 6.33. The van der Waals surface area contributed by atoms with Crippen LogP contribution >= 0.6 is 0 Å². The highest BCUT2D eigenvalue weighted by atomic mass is 15.4. The molecular formula is C25H33N9. The highest BCUT2D eigenvalue weighted by Gasteiger charge is 2.16. The molecule has 0 unspecified atom stereocenters. The van der Waals surface area contributed by atoms with E-state index in [1.807, 2.05) is 39.8 Å². The number of hydrogen-bond acceptors (Lipinski definition) is 7. The number of nitrogens with one attached hydrogen (secondary N) is 2. The Bertz CT molecular complexity index is 1210. The smallest absolute Gasteiger partial charge is 0.227 e. The van der Waals surface area contributed by atoms with Gasteiger partial charge in [0.05, 0.1) is 18.4 Å². The van der Waals surface area contributed by atoms with Gasteiger partial charge in [0.1, 0.15) is 5.82 Å². The number of anilines is 1. The van der Waals surface area contributed by atoms with Crippen LogP contribution in [0, 0.1) is 0 Å². The van der Waals surface area contributed by atoms with Crippen LogP contribution < -0.4 is 10.6 Å². The molecule has 34 heavy (non-hydrogen) atoms. The lowest BCUT2D eigenvalue weighted by Crippen LogP contribution is -2.30. The van der Waals surface area contributed by atoms with Crippen molar-refractivity contribution < 1.29 is 0 Å². The second-order valence-corrected chi connectivity index (χ2v) is 9.11. The van der Waals surface area contributed by atoms with Gasteiger partial charge in [-0.3, -0.25) is 0 Å². The summed E-state index contributed by atoms with van der Waals surface area (Å²) in [6, 6.07) is 10.2. The van der Waals surface area contributed by atoms with Crippen molar-refractivity contribution in [1.29, 1.82) is 0 Å². The lowest BCUT2D eigenvalue weighted by Gasteiger charge is -2.15. The first-order valence-electron chi connectivity index (χ1n) is 12.2. The topological polar surface area (TPSA) is 88.2 Å². The molecule has 0 bridgehead atoms. The van der Waals surface area contributed by atoms with Gasteiger partial charge in [-0.05, 0) is 49.5 Å². The Balaban J connectivity index is 1.35. The first-order valence-corrected chi connectivity index (χ1v) is 12.2. The monoisotopic (exact) mass is 459 g/mol. The van der Waals surface area contributed by atoms with Crippen LogP contribution in [0.2, 0.25) is 0 Å². The van der Waals surface area contributed by atoms with Gasteiger partial charge in [-0.15, -0.1) is 0 Å². The van der Waals surface area contributed by atoms with E-state index in [1.165, 1.54) is 25.9 Å². The molecule has 1 fully saturated rings. The molecule has 4 heterocycles. The number of para-hydroxylation sites is 1. The van der Waals surface area contributed by atoms with E-state index in [2.05, 4.69) is 51.7 Å². The zero-order valence-electron chi connectivity index (χ0n) is 20.0. The molecule has 2 N–H and O–H groups in total. The third kappa shape index (κ3) is 4.95. The molecule has 0 saturated carbocycles. The van der Waals surface area contributed by atoms with Gasteiger partial charge in [0.25, 0.3) is 0 Å². The number of aromatic nitrogens is 6. The summed E-state index contributed by atoms with van der Waals surface area (Å²) in [5.74, 6) is 1.81. The molecule has 3 aromatic heterocycles. The predicted octanol–water partition coefficient (Wildman–Crippen LogP) is 3.23. The van der Waals surface area contributed by atoms with Crippen molar-refractivity contribution in [3.63, 3.8) is 0 Å². The molecule has 1 aliphatic heterocycles. The Morgan fingerprint density at radius 2 is 1.85 bits per heavy atom. The molecule has 0 radical (unpaired) electrons. The summed E-state index contributed by atoms with van der Waals surface area (Å²) in [6.45, 7) is 10.00. The van der Waals surface area contributed by atoms with Gasteiger partial charge in [0.15, 0.2) is 5.65 Å². The van der Waals surface area contributed by atoms with Crippen molar-refractivity contribution in [2.24, 2.45) is 0 Å². The van der Waals surface area contributed by atoms with Crippen LogP contribution in [0.3, 0.4) is 0 Å². The van der Waals surface area contributed by atoms with Crippen molar-refractivity contribution in [3.8, 4) is 5.69 Å². The molecule has 178 valence electrons. The minimum absolute atomic E-state index is 0.330. The molecule has 1 saturated heterocycles. The highest BCUT2D eigenvalue weighted by molar-refractivity contribution is 5.52. The number of likely N-dealkylation sites (tertiary alicyclic amines) is 1. The minimum Gasteiger partial charge on any atom is -0.350 e. The predicted molar refractivity (Wildman–Crippen MR) is 133 cm³/mol. The van der Waals surface area contributed by atoms with E-state index in [0.717, 1.165) is 41.4 Å². The van der Waals surface area contributed by atoms with Gasteiger partial charge >= 0.3 is 0 Å². The molecule has 4 aromatic rings. The average molecular weight is 460 g/mol. The van der Waals surface area contributed by atoms with E-state index in [9.17, 15) is 0 Å². The first-order chi connectivity index (χ1) is 16.7. The van der Waals surface area contributed by atoms with Gasteiger partial charge in [-0.2, -0.15) is 19.7 Å². The van der Waals surface area contributed by atoms with Gasteiger partial charge < -0.3 is 15.5 Å². The van der Waals surface area contributed by atoms with E-state index in [0.29, 0.717) is 25.0 Å². The summed E-state index contributed by atoms with van der Waals surface area (Å²) in [5, 5.41) is 16.0. The normalized spacial score (nSPS) is 14.4. The summed E-state index contributed by atoms with van der Waals surface area (Å²) in [6.07, 6.45) is 8.28. The molecule has 0 amide bonds. The Kier molecular flexibility index (Phi) is 6.82. The molecule has 5 rings (SSSR count). The number of benzene rings is 1. The first kappa shape index (κ1) is 22.5. The molecule has 0 aliphatic carbocycles. The summed E-state index contributed by atoms with van der Waals surface area (Å²) in [7, 11) is 0. The summed E-state index contributed by atoms with van der Waals surface area (Å²) < 4.78 is 3.70. The van der Waals surface area contributed by atoms with Crippen LogP contribution in [-0.2, 0) is 13.1 Å². The van der Waals surface area contributed by atoms with Crippen LogP contribution in [0.25, 0.3) is 11.3 Å². The van der Waals surface area contributed by atoms with Crippen molar-refractivity contribution in [2.45, 2.75) is 45.7 Å². The van der Waals surface area contributed by atoms with Crippen molar-refractivity contribution in [2.75, 3.05) is 31.5 Å². The van der Waals surface area contributed by atoms with Gasteiger partial charge in [-0.25, -0.2) is 9.67 Å². The second kappa shape index (κ2) is 10.3. The largest absolute Gasteiger partial charge is 0.350 e. The fourth-order valence-electron chi connectivity index (χ4n) is 4.45. The van der Waals surface area contributed by atoms with Crippen molar-refractivity contribution in [3.05, 3.63) is 65.9 Å². The fourth-order valence-corrected chi connectivity index (χ4v) is 4.45. The Morgan fingerprint density at radius 3 is 2.65 bits per heavy atom. The van der Waals surface area contributed by atoms with Gasteiger partial charge in [0.2, 0.25) is 5.95 Å². The van der Waals surface area contributed by atoms with Crippen molar-refractivity contribution >= 4 is 11.6 Å². The van der Waals surface area contributed by atoms with Crippen LogP contribution in [0.5, 0.6) is 0 Å². The molecule has 0 atom stereocenters. The maximum Gasteiger partial charge on any atom is 0.227 e. The van der Waals surface area contributed by atoms with Gasteiger partial charge in [0, 0.05) is 37.6 Å². The molecule has 0 spiro atoms. The maximum atomic E-state index is 4.86. The van der Waals surface area contributed by atoms with Gasteiger partial charge in [-0.1, -0.05) is 32.0 Å². The SMILES string of the molecule is CC(C)c1cnn2c(NCc3ccccc3-n3cccn3)nc(CNCCN3CCCC3)nc12. The van der Waals surface area contributed by atoms with E-state index in [-0.39, 0.29) is 0 Å². The number of hydrogen-bond donors (Lipinski definition) is 2. The van der Waals surface area contributed by atoms with Crippen LogP contribution in [0.15, 0.2) is 48.9 Å². The minimum atomic E-state index is 0.330. The molecule has 1 aliphatic rings. The Morgan fingerprint density at radius 1 is 1.00 bits per heavy atom. The van der Waals surface area contributed by atoms with E-state index in [1.54, 1.807) is 6.20 Å². The lowest BCUT2D eigenvalue weighted by atomic mass is 10.1. The molecule has 9 heteroatoms. The molecule has 9 nitrogen and oxygen atoms in total. The van der Waals surface area contributed by atoms with Crippen LogP contribution in [-0.4, -0.2) is 60.4 Å². The highest BCUT2D eigenvalue weighted by Crippen LogP contribution is 2.22. The van der Waals surface area contributed by atoms with E-state index in [4.69, 9.17) is 9.97 Å². The summed E-state index contributed by atoms with van der Waals surface area (Å²) in [4.78, 5) is 12.2. The fraction of sp³-hybridized carbons (Fsp3) is 0.440. The van der Waals surface area contributed by atoms with E-state index >= 15 is 0 Å². The zero-order valence-corrected chi connectivity index (χ0v) is 20.0. The Hall–Kier alpha value is -3.30. The summed E-state index contributed by atoms with van der Waals surface area (Å²) in [5.41, 5.74) is 4.15. The standard InChI is InChI=1S/C25H33N9/c1-19(2)21-17-29-34-24(21)30-23(18-26-11-15-32-12-5-6-13-32)31-25(34)27-16-20-8-3-4-9-22(20)33-14-7-10-28-33/h3-4,7-10,14,17,19,26H,5-6,11-13,15-16,18H2,1-2H3,(H,27,30,31). The number of fused-ring (bicyclic) bond motifs is 1. The Labute approximate surface area is 200 Å². The van der Waals surface area contributed by atoms with Crippen molar-refractivity contribution in [1.82, 2.24) is 39.6 Å². The molecule has 1 aromatic carbocycles. The summed E-state index contributed by atoms with van der Waals surface area (Å²) >= 11 is 0. The van der Waals surface area contributed by atoms with Crippen LogP contribution in [0.4, 0.5) is 5.95 Å². The molecular weight excluding hydrogens is 426 g/mol. The quantitative estimate of drug-likeness (QED) is 0.352. The lowest BCUT2D eigenvalue weighted by molar-refractivity contribution is 0.335. The number of rotatable bonds is 10. The maximum absolute atomic E-state index is 4.86. The third-order valence-corrected chi connectivity index (χ3v) is 6.33. The zero-order chi connectivity index (χ0) is 23.3. The van der Waals surface area contributed by atoms with E-state index < -0.39 is 0 Å². The average Bonchev–Trinajstić information content (AvgIpc) is 3.62. The van der Waals surface area contributed by atoms with Crippen LogP contribution in [0.1, 0.15) is 49.6 Å².